The summed E-state index contributed by atoms with van der Waals surface area (Å²) in [4.78, 5) is 2.50. The van der Waals surface area contributed by atoms with Crippen LogP contribution in [-0.2, 0) is 0 Å². The van der Waals surface area contributed by atoms with Crippen LogP contribution in [0.3, 0.4) is 0 Å². The first-order valence-electron chi connectivity index (χ1n) is 6.34. The van der Waals surface area contributed by atoms with Crippen molar-refractivity contribution in [3.63, 3.8) is 0 Å². The van der Waals surface area contributed by atoms with Crippen molar-refractivity contribution in [1.29, 1.82) is 0 Å². The highest BCUT2D eigenvalue weighted by Gasteiger charge is 2.18. The first-order valence-corrected chi connectivity index (χ1v) is 6.34. The second-order valence-electron chi connectivity index (χ2n) is 4.72. The van der Waals surface area contributed by atoms with Crippen molar-refractivity contribution in [2.75, 3.05) is 24.5 Å². The predicted molar refractivity (Wildman–Crippen MR) is 70.1 cm³/mol. The Kier molecular flexibility index (Phi) is 3.83. The van der Waals surface area contributed by atoms with Gasteiger partial charge in [0.1, 0.15) is 0 Å². The molecule has 1 aromatic rings. The van der Waals surface area contributed by atoms with Gasteiger partial charge >= 0.3 is 0 Å². The number of nitrogens with zero attached hydrogens (tertiary/aromatic N) is 1. The summed E-state index contributed by atoms with van der Waals surface area (Å²) in [6.07, 6.45) is 2.54. The third-order valence-electron chi connectivity index (χ3n) is 3.29. The third-order valence-corrected chi connectivity index (χ3v) is 3.29. The Morgan fingerprint density at radius 1 is 1.31 bits per heavy atom. The molecule has 0 radical (unpaired) electrons. The van der Waals surface area contributed by atoms with Crippen LogP contribution < -0.4 is 10.2 Å². The molecule has 1 N–H and O–H groups in total. The number of benzene rings is 1. The smallest absolute Gasteiger partial charge is 0.0367 e. The number of hydrogen-bond acceptors (Lipinski definition) is 2. The summed E-state index contributed by atoms with van der Waals surface area (Å²) in [6.45, 7) is 7.78. The Bertz CT molecular complexity index is 316. The minimum atomic E-state index is 0.667. The lowest BCUT2D eigenvalue weighted by molar-refractivity contribution is 0.431. The molecule has 1 aliphatic heterocycles. The van der Waals surface area contributed by atoms with Gasteiger partial charge in [-0.2, -0.15) is 0 Å². The van der Waals surface area contributed by atoms with E-state index in [-0.39, 0.29) is 0 Å². The fourth-order valence-corrected chi connectivity index (χ4v) is 2.36. The van der Waals surface area contributed by atoms with E-state index < -0.39 is 0 Å². The number of nitrogens with one attached hydrogen (secondary N) is 1. The van der Waals surface area contributed by atoms with Crippen molar-refractivity contribution in [1.82, 2.24) is 5.32 Å². The molecule has 1 atom stereocenters. The van der Waals surface area contributed by atoms with E-state index in [0.717, 1.165) is 19.6 Å². The van der Waals surface area contributed by atoms with Gasteiger partial charge in [0.25, 0.3) is 0 Å². The van der Waals surface area contributed by atoms with E-state index in [1.807, 2.05) is 0 Å². The van der Waals surface area contributed by atoms with E-state index >= 15 is 0 Å². The number of aryl methyl sites for hydroxylation is 1. The van der Waals surface area contributed by atoms with Gasteiger partial charge in [0.15, 0.2) is 0 Å². The molecule has 0 saturated carbocycles. The largest absolute Gasteiger partial charge is 0.369 e. The summed E-state index contributed by atoms with van der Waals surface area (Å²) in [7, 11) is 0. The van der Waals surface area contributed by atoms with Crippen LogP contribution in [0.25, 0.3) is 0 Å². The van der Waals surface area contributed by atoms with Gasteiger partial charge in [-0.05, 0) is 25.5 Å². The van der Waals surface area contributed by atoms with E-state index in [2.05, 4.69) is 48.3 Å². The van der Waals surface area contributed by atoms with Crippen LogP contribution in [0, 0.1) is 6.92 Å². The SMILES string of the molecule is CCCC1CN(c2ccc(C)cc2)CCN1. The Balaban J connectivity index is 2.01. The molecule has 16 heavy (non-hydrogen) atoms. The van der Waals surface area contributed by atoms with E-state index in [0.29, 0.717) is 6.04 Å². The second kappa shape index (κ2) is 5.35. The van der Waals surface area contributed by atoms with Crippen LogP contribution in [0.15, 0.2) is 24.3 Å². The van der Waals surface area contributed by atoms with Crippen molar-refractivity contribution in [2.45, 2.75) is 32.7 Å². The fourth-order valence-electron chi connectivity index (χ4n) is 2.36. The molecule has 1 heterocycles. The summed E-state index contributed by atoms with van der Waals surface area (Å²) < 4.78 is 0. The van der Waals surface area contributed by atoms with Crippen LogP contribution in [-0.4, -0.2) is 25.7 Å². The van der Waals surface area contributed by atoms with Gasteiger partial charge in [-0.15, -0.1) is 0 Å². The number of anilines is 1. The van der Waals surface area contributed by atoms with Crippen LogP contribution >= 0.6 is 0 Å². The molecule has 1 aliphatic rings. The van der Waals surface area contributed by atoms with Gasteiger partial charge in [0.2, 0.25) is 0 Å². The first-order chi connectivity index (χ1) is 7.79. The first kappa shape index (κ1) is 11.5. The summed E-state index contributed by atoms with van der Waals surface area (Å²) >= 11 is 0. The van der Waals surface area contributed by atoms with Gasteiger partial charge in [-0.25, -0.2) is 0 Å². The molecule has 0 aromatic heterocycles. The Hall–Kier alpha value is -1.02. The summed E-state index contributed by atoms with van der Waals surface area (Å²) in [6, 6.07) is 9.55. The van der Waals surface area contributed by atoms with Crippen molar-refractivity contribution in [3.8, 4) is 0 Å². The molecule has 1 aromatic carbocycles. The molecule has 0 amide bonds. The van der Waals surface area contributed by atoms with E-state index in [9.17, 15) is 0 Å². The zero-order chi connectivity index (χ0) is 11.4. The monoisotopic (exact) mass is 218 g/mol. The highest BCUT2D eigenvalue weighted by molar-refractivity contribution is 5.48. The zero-order valence-corrected chi connectivity index (χ0v) is 10.4. The average Bonchev–Trinajstić information content (AvgIpc) is 2.31. The van der Waals surface area contributed by atoms with Crippen LogP contribution in [0.5, 0.6) is 0 Å². The molecular formula is C14H22N2. The molecule has 88 valence electrons. The van der Waals surface area contributed by atoms with Gasteiger partial charge in [-0.1, -0.05) is 31.0 Å². The normalized spacial score (nSPS) is 21.1. The topological polar surface area (TPSA) is 15.3 Å². The van der Waals surface area contributed by atoms with Crippen LogP contribution in [0.4, 0.5) is 5.69 Å². The zero-order valence-electron chi connectivity index (χ0n) is 10.4. The molecular weight excluding hydrogens is 196 g/mol. The van der Waals surface area contributed by atoms with Crippen molar-refractivity contribution >= 4 is 5.69 Å². The van der Waals surface area contributed by atoms with Crippen molar-refractivity contribution < 1.29 is 0 Å². The molecule has 1 saturated heterocycles. The number of piperazine rings is 1. The van der Waals surface area contributed by atoms with Gasteiger partial charge in [0.05, 0.1) is 0 Å². The highest BCUT2D eigenvalue weighted by Crippen LogP contribution is 2.17. The van der Waals surface area contributed by atoms with E-state index in [1.54, 1.807) is 0 Å². The fraction of sp³-hybridized carbons (Fsp3) is 0.571. The lowest BCUT2D eigenvalue weighted by atomic mass is 10.1. The molecule has 0 aliphatic carbocycles. The third kappa shape index (κ3) is 2.76. The van der Waals surface area contributed by atoms with E-state index in [4.69, 9.17) is 0 Å². The highest BCUT2D eigenvalue weighted by atomic mass is 15.2. The quantitative estimate of drug-likeness (QED) is 0.839. The Morgan fingerprint density at radius 3 is 2.75 bits per heavy atom. The second-order valence-corrected chi connectivity index (χ2v) is 4.72. The van der Waals surface area contributed by atoms with Crippen LogP contribution in [0.2, 0.25) is 0 Å². The minimum Gasteiger partial charge on any atom is -0.369 e. The number of hydrogen-bond donors (Lipinski definition) is 1. The Morgan fingerprint density at radius 2 is 2.06 bits per heavy atom. The molecule has 0 spiro atoms. The lowest BCUT2D eigenvalue weighted by Gasteiger charge is -2.35. The van der Waals surface area contributed by atoms with Crippen LogP contribution in [0.1, 0.15) is 25.3 Å². The maximum absolute atomic E-state index is 3.59. The molecule has 0 bridgehead atoms. The maximum atomic E-state index is 3.59. The van der Waals surface area contributed by atoms with Gasteiger partial charge < -0.3 is 10.2 Å². The maximum Gasteiger partial charge on any atom is 0.0367 e. The van der Waals surface area contributed by atoms with Gasteiger partial charge in [-0.3, -0.25) is 0 Å². The Labute approximate surface area is 98.7 Å². The molecule has 2 nitrogen and oxygen atoms in total. The summed E-state index contributed by atoms with van der Waals surface area (Å²) in [5.74, 6) is 0. The molecule has 1 unspecified atom stereocenters. The molecule has 2 heteroatoms. The molecule has 2 rings (SSSR count). The summed E-state index contributed by atoms with van der Waals surface area (Å²) in [5, 5.41) is 3.59. The van der Waals surface area contributed by atoms with Gasteiger partial charge in [0, 0.05) is 31.4 Å². The van der Waals surface area contributed by atoms with E-state index in [1.165, 1.54) is 24.1 Å². The van der Waals surface area contributed by atoms with Crippen molar-refractivity contribution in [3.05, 3.63) is 29.8 Å². The molecule has 1 fully saturated rings. The standard InChI is InChI=1S/C14H22N2/c1-3-4-13-11-16(10-9-15-13)14-7-5-12(2)6-8-14/h5-8,13,15H,3-4,9-11H2,1-2H3. The minimum absolute atomic E-state index is 0.667. The summed E-state index contributed by atoms with van der Waals surface area (Å²) in [5.41, 5.74) is 2.71. The average molecular weight is 218 g/mol. The predicted octanol–water partition coefficient (Wildman–Crippen LogP) is 2.57. The van der Waals surface area contributed by atoms with Crippen molar-refractivity contribution in [2.24, 2.45) is 0 Å². The lowest BCUT2D eigenvalue weighted by Crippen LogP contribution is -2.50. The number of rotatable bonds is 3.